The SMILES string of the molecule is O=C(O)C(F)(F)F.O=C(O)C(F)(F)F.O=C(O)C(F)(F)F.c1cncc(CN2CCO[C@H]3[C@H](Oc4cccnc4)CC[C@@H]32)c1. The van der Waals surface area contributed by atoms with E-state index >= 15 is 0 Å². The number of halogens is 9. The van der Waals surface area contributed by atoms with Gasteiger partial charge in [-0.15, -0.1) is 0 Å². The topological polar surface area (TPSA) is 159 Å². The second-order valence-corrected chi connectivity index (χ2v) is 8.57. The number of pyridine rings is 2. The Hall–Kier alpha value is -4.20. The minimum atomic E-state index is -5.08. The Balaban J connectivity index is 0.000000379. The van der Waals surface area contributed by atoms with Crippen LogP contribution in [0.4, 0.5) is 39.5 Å². The van der Waals surface area contributed by atoms with Gasteiger partial charge in [0.25, 0.3) is 0 Å². The number of nitrogens with zero attached hydrogens (tertiary/aromatic N) is 3. The lowest BCUT2D eigenvalue weighted by Crippen LogP contribution is -2.51. The number of rotatable bonds is 4. The van der Waals surface area contributed by atoms with Gasteiger partial charge in [-0.05, 0) is 36.6 Å². The van der Waals surface area contributed by atoms with E-state index in [1.165, 1.54) is 5.56 Å². The van der Waals surface area contributed by atoms with Crippen molar-refractivity contribution in [3.63, 3.8) is 0 Å². The molecule has 1 aliphatic carbocycles. The smallest absolute Gasteiger partial charge is 0.486 e. The quantitative estimate of drug-likeness (QED) is 0.407. The van der Waals surface area contributed by atoms with Crippen molar-refractivity contribution >= 4 is 17.9 Å². The van der Waals surface area contributed by atoms with Crippen molar-refractivity contribution in [3.05, 3.63) is 54.6 Å². The molecule has 0 spiro atoms. The number of carboxylic acid groups (broad SMARTS) is 3. The summed E-state index contributed by atoms with van der Waals surface area (Å²) in [5.74, 6) is -7.45. The van der Waals surface area contributed by atoms with Crippen LogP contribution in [0.1, 0.15) is 18.4 Å². The van der Waals surface area contributed by atoms with Gasteiger partial charge in [-0.2, -0.15) is 39.5 Å². The average molecular weight is 653 g/mol. The number of fused-ring (bicyclic) bond motifs is 1. The van der Waals surface area contributed by atoms with Crippen LogP contribution in [0.15, 0.2) is 49.1 Å². The summed E-state index contributed by atoms with van der Waals surface area (Å²) in [7, 11) is 0. The molecule has 2 aromatic heterocycles. The Kier molecular flexibility index (Phi) is 14.3. The molecule has 2 fully saturated rings. The van der Waals surface area contributed by atoms with E-state index in [0.29, 0.717) is 6.04 Å². The molecule has 3 N–H and O–H groups in total. The van der Waals surface area contributed by atoms with E-state index in [9.17, 15) is 39.5 Å². The van der Waals surface area contributed by atoms with Crippen LogP contribution in [-0.4, -0.2) is 98.0 Å². The fraction of sp³-hybridized carbons (Fsp3) is 0.458. The number of alkyl halides is 9. The molecule has 20 heteroatoms. The third-order valence-electron chi connectivity index (χ3n) is 5.41. The van der Waals surface area contributed by atoms with Crippen molar-refractivity contribution < 1.29 is 78.7 Å². The van der Waals surface area contributed by atoms with E-state index in [4.69, 9.17) is 39.2 Å². The van der Waals surface area contributed by atoms with E-state index in [1.807, 2.05) is 30.6 Å². The van der Waals surface area contributed by atoms with Crippen molar-refractivity contribution in [2.75, 3.05) is 13.2 Å². The van der Waals surface area contributed by atoms with Gasteiger partial charge in [0.1, 0.15) is 18.0 Å². The maximum atomic E-state index is 10.6. The fourth-order valence-electron chi connectivity index (χ4n) is 3.63. The Labute approximate surface area is 241 Å². The van der Waals surface area contributed by atoms with Gasteiger partial charge in [-0.3, -0.25) is 14.9 Å². The fourth-order valence-corrected chi connectivity index (χ4v) is 3.63. The molecule has 4 rings (SSSR count). The highest BCUT2D eigenvalue weighted by Gasteiger charge is 2.44. The molecule has 3 atom stereocenters. The molecule has 246 valence electrons. The summed E-state index contributed by atoms with van der Waals surface area (Å²) in [6, 6.07) is 8.41. The van der Waals surface area contributed by atoms with Gasteiger partial charge < -0.3 is 24.8 Å². The zero-order valence-corrected chi connectivity index (χ0v) is 22.0. The summed E-state index contributed by atoms with van der Waals surface area (Å²) in [5.41, 5.74) is 1.25. The number of aliphatic carboxylic acids is 3. The maximum absolute atomic E-state index is 10.6. The number of aromatic nitrogens is 2. The first-order chi connectivity index (χ1) is 20.2. The number of carbonyl (C=O) groups is 3. The van der Waals surface area contributed by atoms with Crippen LogP contribution in [-0.2, 0) is 25.7 Å². The minimum absolute atomic E-state index is 0.112. The number of carboxylic acids is 3. The van der Waals surface area contributed by atoms with Crippen molar-refractivity contribution in [3.8, 4) is 5.75 Å². The molecule has 2 aliphatic rings. The number of morpholine rings is 1. The van der Waals surface area contributed by atoms with Gasteiger partial charge in [0.15, 0.2) is 0 Å². The Bertz CT molecular complexity index is 1130. The molecule has 3 heterocycles. The Morgan fingerprint density at radius 1 is 0.818 bits per heavy atom. The first kappa shape index (κ1) is 37.8. The molecule has 1 aliphatic heterocycles. The molecular weight excluding hydrogens is 629 g/mol. The zero-order valence-electron chi connectivity index (χ0n) is 22.0. The summed E-state index contributed by atoms with van der Waals surface area (Å²) < 4.78 is 107. The number of ether oxygens (including phenoxy) is 2. The van der Waals surface area contributed by atoms with E-state index in [-0.39, 0.29) is 12.2 Å². The first-order valence-electron chi connectivity index (χ1n) is 11.9. The van der Waals surface area contributed by atoms with Gasteiger partial charge in [-0.1, -0.05) is 6.07 Å². The Morgan fingerprint density at radius 3 is 1.70 bits per heavy atom. The summed E-state index contributed by atoms with van der Waals surface area (Å²) in [6.07, 6.45) is -5.58. The molecule has 0 unspecified atom stereocenters. The zero-order chi connectivity index (χ0) is 33.7. The predicted molar refractivity (Wildman–Crippen MR) is 127 cm³/mol. The number of hydrogen-bond donors (Lipinski definition) is 3. The van der Waals surface area contributed by atoms with E-state index in [1.54, 1.807) is 12.4 Å². The largest absolute Gasteiger partial charge is 0.490 e. The molecule has 0 aromatic carbocycles. The molecule has 0 amide bonds. The molecule has 44 heavy (non-hydrogen) atoms. The van der Waals surface area contributed by atoms with Crippen molar-refractivity contribution in [1.29, 1.82) is 0 Å². The summed E-state index contributed by atoms with van der Waals surface area (Å²) in [5, 5.41) is 21.4. The predicted octanol–water partition coefficient (Wildman–Crippen LogP) is 4.19. The lowest BCUT2D eigenvalue weighted by molar-refractivity contribution is -0.193. The lowest BCUT2D eigenvalue weighted by atomic mass is 10.1. The second-order valence-electron chi connectivity index (χ2n) is 8.57. The maximum Gasteiger partial charge on any atom is 0.490 e. The van der Waals surface area contributed by atoms with Gasteiger partial charge in [-0.25, -0.2) is 14.4 Å². The molecule has 1 saturated carbocycles. The Morgan fingerprint density at radius 2 is 1.30 bits per heavy atom. The molecule has 11 nitrogen and oxygen atoms in total. The van der Waals surface area contributed by atoms with Crippen molar-refractivity contribution in [2.45, 2.75) is 56.2 Å². The van der Waals surface area contributed by atoms with Crippen LogP contribution in [0.3, 0.4) is 0 Å². The highest BCUT2D eigenvalue weighted by molar-refractivity contribution is 5.73. The van der Waals surface area contributed by atoms with Crippen molar-refractivity contribution in [2.24, 2.45) is 0 Å². The standard InChI is InChI=1S/C18H21N3O2.3C2HF3O2/c1-3-14(11-19-7-1)13-21-9-10-22-18-16(21)5-6-17(18)23-15-4-2-8-20-12-15;3*3-2(4,5)1(6)7/h1-4,7-8,11-12,16-18H,5-6,9-10,13H2;3*(H,6,7)/t16-,17+,18+;;;/m0.../s1. The van der Waals surface area contributed by atoms with Crippen LogP contribution in [0, 0.1) is 0 Å². The van der Waals surface area contributed by atoms with Crippen LogP contribution in [0.25, 0.3) is 0 Å². The molecule has 0 radical (unpaired) electrons. The summed E-state index contributed by atoms with van der Waals surface area (Å²) >= 11 is 0. The van der Waals surface area contributed by atoms with E-state index < -0.39 is 36.4 Å². The third kappa shape index (κ3) is 13.8. The van der Waals surface area contributed by atoms with E-state index in [0.717, 1.165) is 38.3 Å². The third-order valence-corrected chi connectivity index (χ3v) is 5.41. The second kappa shape index (κ2) is 16.6. The summed E-state index contributed by atoms with van der Waals surface area (Å²) in [6.45, 7) is 2.65. The van der Waals surface area contributed by atoms with Crippen LogP contribution in [0.2, 0.25) is 0 Å². The first-order valence-corrected chi connectivity index (χ1v) is 11.9. The average Bonchev–Trinajstić information content (AvgIpc) is 3.33. The lowest BCUT2D eigenvalue weighted by Gasteiger charge is -2.39. The van der Waals surface area contributed by atoms with Crippen LogP contribution in [0.5, 0.6) is 5.75 Å². The highest BCUT2D eigenvalue weighted by Crippen LogP contribution is 2.33. The van der Waals surface area contributed by atoms with Gasteiger partial charge in [0.05, 0.1) is 12.8 Å². The molecule has 1 saturated heterocycles. The van der Waals surface area contributed by atoms with Gasteiger partial charge in [0.2, 0.25) is 0 Å². The molecular formula is C24H24F9N3O8. The number of hydrogen-bond acceptors (Lipinski definition) is 8. The van der Waals surface area contributed by atoms with Gasteiger partial charge >= 0.3 is 36.4 Å². The van der Waals surface area contributed by atoms with Crippen molar-refractivity contribution in [1.82, 2.24) is 14.9 Å². The van der Waals surface area contributed by atoms with Gasteiger partial charge in [0, 0.05) is 37.7 Å². The van der Waals surface area contributed by atoms with E-state index in [2.05, 4.69) is 20.9 Å². The monoisotopic (exact) mass is 653 g/mol. The normalized spacial score (nSPS) is 19.8. The summed E-state index contributed by atoms with van der Waals surface area (Å²) in [4.78, 5) is 37.5. The van der Waals surface area contributed by atoms with Crippen LogP contribution >= 0.6 is 0 Å². The van der Waals surface area contributed by atoms with Crippen LogP contribution < -0.4 is 4.74 Å². The molecule has 2 aromatic rings. The molecule has 0 bridgehead atoms. The minimum Gasteiger partial charge on any atom is -0.486 e. The highest BCUT2D eigenvalue weighted by atomic mass is 19.4.